The Morgan fingerprint density at radius 3 is 2.73 bits per heavy atom. The zero-order valence-corrected chi connectivity index (χ0v) is 13.1. The summed E-state index contributed by atoms with van der Waals surface area (Å²) < 4.78 is 10.2. The lowest BCUT2D eigenvalue weighted by Crippen LogP contribution is -2.32. The van der Waals surface area contributed by atoms with Gasteiger partial charge in [0, 0.05) is 31.5 Å². The molecule has 1 heterocycles. The number of carboxylic acids is 1. The zero-order valence-electron chi connectivity index (χ0n) is 13.1. The number of carbonyl (C=O) groups excluding carboxylic acids is 1. The minimum Gasteiger partial charge on any atom is -0.481 e. The molecule has 22 heavy (non-hydrogen) atoms. The van der Waals surface area contributed by atoms with Crippen LogP contribution in [0.1, 0.15) is 30.6 Å². The Morgan fingerprint density at radius 2 is 2.09 bits per heavy atom. The van der Waals surface area contributed by atoms with Crippen molar-refractivity contribution in [1.29, 1.82) is 0 Å². The van der Waals surface area contributed by atoms with E-state index in [1.807, 2.05) is 0 Å². The summed E-state index contributed by atoms with van der Waals surface area (Å²) in [6, 6.07) is 3.11. The third-order valence-corrected chi connectivity index (χ3v) is 3.15. The molecule has 0 atom stereocenters. The number of carbonyl (C=O) groups is 2. The van der Waals surface area contributed by atoms with Gasteiger partial charge >= 0.3 is 5.97 Å². The molecule has 0 radical (unpaired) electrons. The molecule has 7 nitrogen and oxygen atoms in total. The minimum absolute atomic E-state index is 0.278. The fourth-order valence-corrected chi connectivity index (χ4v) is 1.56. The van der Waals surface area contributed by atoms with E-state index in [-0.39, 0.29) is 12.5 Å². The third-order valence-electron chi connectivity index (χ3n) is 3.15. The van der Waals surface area contributed by atoms with Gasteiger partial charge in [0.25, 0.3) is 5.91 Å². The Kier molecular flexibility index (Phi) is 6.78. The van der Waals surface area contributed by atoms with E-state index in [1.54, 1.807) is 27.0 Å². The van der Waals surface area contributed by atoms with Crippen LogP contribution in [0.5, 0.6) is 5.88 Å². The number of ether oxygens (including phenoxy) is 2. The van der Waals surface area contributed by atoms with Gasteiger partial charge in [-0.15, -0.1) is 0 Å². The molecular formula is C15H22N2O5. The maximum absolute atomic E-state index is 12.0. The molecule has 1 rings (SSSR count). The number of aromatic nitrogens is 1. The zero-order chi connectivity index (χ0) is 16.6. The van der Waals surface area contributed by atoms with Crippen molar-refractivity contribution in [3.8, 4) is 5.88 Å². The molecule has 0 aliphatic heterocycles. The van der Waals surface area contributed by atoms with Gasteiger partial charge in [0.2, 0.25) is 5.88 Å². The van der Waals surface area contributed by atoms with Crippen molar-refractivity contribution in [2.75, 3.05) is 26.9 Å². The lowest BCUT2D eigenvalue weighted by atomic mass is 9.90. The van der Waals surface area contributed by atoms with Gasteiger partial charge in [-0.05, 0) is 26.3 Å². The molecule has 0 saturated carbocycles. The lowest BCUT2D eigenvalue weighted by Gasteiger charge is -2.18. The molecule has 1 amide bonds. The highest BCUT2D eigenvalue weighted by atomic mass is 16.5. The number of pyridine rings is 1. The highest BCUT2D eigenvalue weighted by molar-refractivity contribution is 5.94. The Labute approximate surface area is 129 Å². The van der Waals surface area contributed by atoms with Crippen LogP contribution < -0.4 is 10.1 Å². The van der Waals surface area contributed by atoms with Gasteiger partial charge in [0.1, 0.15) is 6.61 Å². The minimum atomic E-state index is -0.889. The largest absolute Gasteiger partial charge is 0.481 e. The van der Waals surface area contributed by atoms with Gasteiger partial charge in [-0.1, -0.05) is 0 Å². The van der Waals surface area contributed by atoms with Crippen LogP contribution in [-0.2, 0) is 9.53 Å². The maximum Gasteiger partial charge on any atom is 0.309 e. The molecule has 2 N–H and O–H groups in total. The first-order chi connectivity index (χ1) is 10.4. The summed E-state index contributed by atoms with van der Waals surface area (Å²) in [4.78, 5) is 27.0. The fourth-order valence-electron chi connectivity index (χ4n) is 1.56. The molecule has 0 fully saturated rings. The first kappa shape index (κ1) is 17.9. The molecular weight excluding hydrogens is 288 g/mol. The molecule has 0 spiro atoms. The average Bonchev–Trinajstić information content (AvgIpc) is 2.47. The van der Waals surface area contributed by atoms with Gasteiger partial charge in [-0.25, -0.2) is 4.98 Å². The molecule has 122 valence electrons. The van der Waals surface area contributed by atoms with Crippen molar-refractivity contribution in [1.82, 2.24) is 10.3 Å². The van der Waals surface area contributed by atoms with E-state index < -0.39 is 11.4 Å². The summed E-state index contributed by atoms with van der Waals surface area (Å²) in [6.07, 6.45) is 1.83. The molecule has 0 bridgehead atoms. The molecule has 0 saturated heterocycles. The van der Waals surface area contributed by atoms with Gasteiger partial charge in [-0.2, -0.15) is 0 Å². The molecule has 0 aliphatic rings. The van der Waals surface area contributed by atoms with E-state index in [0.29, 0.717) is 31.1 Å². The fraction of sp³-hybridized carbons (Fsp3) is 0.533. The van der Waals surface area contributed by atoms with Crippen molar-refractivity contribution in [3.63, 3.8) is 0 Å². The van der Waals surface area contributed by atoms with E-state index in [0.717, 1.165) is 0 Å². The monoisotopic (exact) mass is 310 g/mol. The number of nitrogens with zero attached hydrogens (tertiary/aromatic N) is 1. The predicted octanol–water partition coefficient (Wildman–Crippen LogP) is 1.34. The van der Waals surface area contributed by atoms with Crippen LogP contribution in [0.15, 0.2) is 18.3 Å². The number of amides is 1. The second-order valence-corrected chi connectivity index (χ2v) is 5.42. The topological polar surface area (TPSA) is 97.8 Å². The summed E-state index contributed by atoms with van der Waals surface area (Å²) in [5, 5.41) is 11.7. The normalized spacial score (nSPS) is 11.0. The smallest absolute Gasteiger partial charge is 0.309 e. The molecule has 1 aromatic heterocycles. The summed E-state index contributed by atoms with van der Waals surface area (Å²) in [6.45, 7) is 4.30. The SMILES string of the molecule is COCCOc1cc(C(=O)NCCC(C)(C)C(=O)O)ccn1. The Morgan fingerprint density at radius 1 is 1.36 bits per heavy atom. The quantitative estimate of drug-likeness (QED) is 0.668. The number of hydrogen-bond donors (Lipinski definition) is 2. The third kappa shape index (κ3) is 5.69. The van der Waals surface area contributed by atoms with Crippen LogP contribution in [0.2, 0.25) is 0 Å². The standard InChI is InChI=1S/C15H22N2O5/c1-15(2,14(19)20)5-7-17-13(18)11-4-6-16-12(10-11)22-9-8-21-3/h4,6,10H,5,7-9H2,1-3H3,(H,17,18)(H,19,20). The number of hydrogen-bond acceptors (Lipinski definition) is 5. The predicted molar refractivity (Wildman–Crippen MR) is 80.0 cm³/mol. The van der Waals surface area contributed by atoms with E-state index in [4.69, 9.17) is 14.6 Å². The van der Waals surface area contributed by atoms with Gasteiger partial charge < -0.3 is 19.9 Å². The van der Waals surface area contributed by atoms with Crippen LogP contribution in [0.4, 0.5) is 0 Å². The summed E-state index contributed by atoms with van der Waals surface area (Å²) >= 11 is 0. The van der Waals surface area contributed by atoms with Crippen LogP contribution in [0, 0.1) is 5.41 Å². The molecule has 0 unspecified atom stereocenters. The summed E-state index contributed by atoms with van der Waals surface area (Å²) in [5.41, 5.74) is -0.463. The van der Waals surface area contributed by atoms with Crippen LogP contribution in [0.3, 0.4) is 0 Å². The van der Waals surface area contributed by atoms with Crippen molar-refractivity contribution in [3.05, 3.63) is 23.9 Å². The lowest BCUT2D eigenvalue weighted by molar-refractivity contribution is -0.147. The number of nitrogens with one attached hydrogen (secondary N) is 1. The Balaban J connectivity index is 2.52. The molecule has 1 aromatic rings. The Bertz CT molecular complexity index is 516. The van der Waals surface area contributed by atoms with Gasteiger partial charge in [-0.3, -0.25) is 9.59 Å². The van der Waals surface area contributed by atoms with E-state index >= 15 is 0 Å². The van der Waals surface area contributed by atoms with E-state index in [1.165, 1.54) is 12.3 Å². The average molecular weight is 310 g/mol. The van der Waals surface area contributed by atoms with Gasteiger partial charge in [0.05, 0.1) is 12.0 Å². The maximum atomic E-state index is 12.0. The van der Waals surface area contributed by atoms with Crippen molar-refractivity contribution < 1.29 is 24.2 Å². The molecule has 7 heteroatoms. The van der Waals surface area contributed by atoms with Crippen molar-refractivity contribution >= 4 is 11.9 Å². The number of aliphatic carboxylic acids is 1. The first-order valence-corrected chi connectivity index (χ1v) is 6.96. The van der Waals surface area contributed by atoms with Crippen LogP contribution in [0.25, 0.3) is 0 Å². The van der Waals surface area contributed by atoms with Crippen molar-refractivity contribution in [2.45, 2.75) is 20.3 Å². The number of methoxy groups -OCH3 is 1. The van der Waals surface area contributed by atoms with Gasteiger partial charge in [0.15, 0.2) is 0 Å². The van der Waals surface area contributed by atoms with E-state index in [9.17, 15) is 9.59 Å². The van der Waals surface area contributed by atoms with Crippen molar-refractivity contribution in [2.24, 2.45) is 5.41 Å². The summed E-state index contributed by atoms with van der Waals surface area (Å²) in [5.74, 6) is -0.838. The highest BCUT2D eigenvalue weighted by Crippen LogP contribution is 2.19. The number of carboxylic acid groups (broad SMARTS) is 1. The Hall–Kier alpha value is -2.15. The summed E-state index contributed by atoms with van der Waals surface area (Å²) in [7, 11) is 1.57. The van der Waals surface area contributed by atoms with E-state index in [2.05, 4.69) is 10.3 Å². The second-order valence-electron chi connectivity index (χ2n) is 5.42. The number of rotatable bonds is 9. The second kappa shape index (κ2) is 8.33. The molecule has 0 aromatic carbocycles. The van der Waals surface area contributed by atoms with Crippen LogP contribution in [-0.4, -0.2) is 48.8 Å². The molecule has 0 aliphatic carbocycles. The van der Waals surface area contributed by atoms with Crippen LogP contribution >= 0.6 is 0 Å². The highest BCUT2D eigenvalue weighted by Gasteiger charge is 2.26. The first-order valence-electron chi connectivity index (χ1n) is 6.96.